The highest BCUT2D eigenvalue weighted by Crippen LogP contribution is 2.35. The number of hydrogen-bond acceptors (Lipinski definition) is 6. The van der Waals surface area contributed by atoms with E-state index in [1.54, 1.807) is 32.5 Å². The van der Waals surface area contributed by atoms with Crippen molar-refractivity contribution in [3.05, 3.63) is 40.5 Å². The average molecular weight is 435 g/mol. The van der Waals surface area contributed by atoms with Crippen LogP contribution in [-0.2, 0) is 0 Å². The number of nitrogens with one attached hydrogen (secondary N) is 1. The number of ether oxygens (including phenoxy) is 2. The number of halogens is 1. The van der Waals surface area contributed by atoms with E-state index in [2.05, 4.69) is 43.1 Å². The highest BCUT2D eigenvalue weighted by atomic mass is 79.9. The lowest BCUT2D eigenvalue weighted by Crippen LogP contribution is -2.44. The van der Waals surface area contributed by atoms with Crippen LogP contribution in [0, 0.1) is 0 Å². The van der Waals surface area contributed by atoms with Crippen molar-refractivity contribution in [1.82, 2.24) is 9.88 Å². The van der Waals surface area contributed by atoms with Gasteiger partial charge >= 0.3 is 0 Å². The van der Waals surface area contributed by atoms with E-state index in [0.717, 1.165) is 32.0 Å². The minimum Gasteiger partial charge on any atom is -0.495 e. The van der Waals surface area contributed by atoms with Crippen molar-refractivity contribution >= 4 is 33.3 Å². The van der Waals surface area contributed by atoms with Crippen molar-refractivity contribution in [3.8, 4) is 11.5 Å². The summed E-state index contributed by atoms with van der Waals surface area (Å²) in [5.41, 5.74) is 1.08. The topological polar surface area (TPSA) is 66.9 Å². The number of carbonyl (C=O) groups is 1. The predicted molar refractivity (Wildman–Crippen MR) is 109 cm³/mol. The Morgan fingerprint density at radius 1 is 1.11 bits per heavy atom. The largest absolute Gasteiger partial charge is 0.495 e. The number of pyridine rings is 1. The first-order valence-electron chi connectivity index (χ1n) is 8.64. The molecule has 1 aliphatic heterocycles. The third-order valence-electron chi connectivity index (χ3n) is 4.54. The molecule has 1 fully saturated rings. The molecule has 0 bridgehead atoms. The molecule has 1 aromatic carbocycles. The monoisotopic (exact) mass is 434 g/mol. The van der Waals surface area contributed by atoms with Gasteiger partial charge < -0.3 is 24.6 Å². The van der Waals surface area contributed by atoms with E-state index in [-0.39, 0.29) is 5.91 Å². The zero-order valence-corrected chi connectivity index (χ0v) is 17.2. The highest BCUT2D eigenvalue weighted by Gasteiger charge is 2.17. The summed E-state index contributed by atoms with van der Waals surface area (Å²) >= 11 is 3.40. The lowest BCUT2D eigenvalue weighted by Gasteiger charge is -2.33. The molecule has 3 rings (SSSR count). The maximum Gasteiger partial charge on any atom is 0.255 e. The van der Waals surface area contributed by atoms with E-state index >= 15 is 0 Å². The van der Waals surface area contributed by atoms with Crippen molar-refractivity contribution in [1.29, 1.82) is 0 Å². The SMILES string of the molecule is COc1cc(C(=O)Nc2ccc(N3CCN(C)CC3)nc2)cc(OC)c1Br. The van der Waals surface area contributed by atoms with Gasteiger partial charge in [-0.05, 0) is 47.2 Å². The maximum atomic E-state index is 12.6. The molecule has 7 nitrogen and oxygen atoms in total. The van der Waals surface area contributed by atoms with Gasteiger partial charge in [-0.2, -0.15) is 0 Å². The zero-order valence-electron chi connectivity index (χ0n) is 15.7. The van der Waals surface area contributed by atoms with Gasteiger partial charge in [0.15, 0.2) is 0 Å². The van der Waals surface area contributed by atoms with Gasteiger partial charge in [-0.3, -0.25) is 4.79 Å². The first kappa shape index (κ1) is 19.4. The quantitative estimate of drug-likeness (QED) is 0.780. The van der Waals surface area contributed by atoms with Gasteiger partial charge in [-0.15, -0.1) is 0 Å². The summed E-state index contributed by atoms with van der Waals surface area (Å²) < 4.78 is 11.3. The second-order valence-electron chi connectivity index (χ2n) is 6.34. The fourth-order valence-corrected chi connectivity index (χ4v) is 3.44. The van der Waals surface area contributed by atoms with Gasteiger partial charge in [-0.1, -0.05) is 0 Å². The van der Waals surface area contributed by atoms with Crippen molar-refractivity contribution in [2.24, 2.45) is 0 Å². The molecule has 144 valence electrons. The van der Waals surface area contributed by atoms with Crippen molar-refractivity contribution in [2.45, 2.75) is 0 Å². The van der Waals surface area contributed by atoms with Crippen LogP contribution in [0.4, 0.5) is 11.5 Å². The minimum absolute atomic E-state index is 0.256. The molecule has 0 spiro atoms. The summed E-state index contributed by atoms with van der Waals surface area (Å²) in [6.45, 7) is 3.95. The molecule has 0 unspecified atom stereocenters. The van der Waals surface area contributed by atoms with Gasteiger partial charge in [0.25, 0.3) is 5.91 Å². The first-order valence-corrected chi connectivity index (χ1v) is 9.43. The van der Waals surface area contributed by atoms with E-state index < -0.39 is 0 Å². The average Bonchev–Trinajstić information content (AvgIpc) is 2.69. The highest BCUT2D eigenvalue weighted by molar-refractivity contribution is 9.10. The van der Waals surface area contributed by atoms with Crippen LogP contribution in [0.15, 0.2) is 34.9 Å². The molecule has 27 heavy (non-hydrogen) atoms. The second-order valence-corrected chi connectivity index (χ2v) is 7.14. The van der Waals surface area contributed by atoms with E-state index in [4.69, 9.17) is 9.47 Å². The number of nitrogens with zero attached hydrogens (tertiary/aromatic N) is 3. The number of amides is 1. The summed E-state index contributed by atoms with van der Waals surface area (Å²) in [5, 5.41) is 2.86. The lowest BCUT2D eigenvalue weighted by atomic mass is 10.2. The summed E-state index contributed by atoms with van der Waals surface area (Å²) in [7, 11) is 5.21. The molecule has 2 aromatic rings. The molecule has 0 atom stereocenters. The number of piperazine rings is 1. The summed E-state index contributed by atoms with van der Waals surface area (Å²) in [6, 6.07) is 7.12. The fraction of sp³-hybridized carbons (Fsp3) is 0.368. The Kier molecular flexibility index (Phi) is 6.18. The van der Waals surface area contributed by atoms with Crippen molar-refractivity contribution < 1.29 is 14.3 Å². The van der Waals surface area contributed by atoms with E-state index in [9.17, 15) is 4.79 Å². The number of carbonyl (C=O) groups excluding carboxylic acids is 1. The smallest absolute Gasteiger partial charge is 0.255 e. The molecular formula is C19H23BrN4O3. The van der Waals surface area contributed by atoms with Crippen LogP contribution in [0.5, 0.6) is 11.5 Å². The van der Waals surface area contributed by atoms with E-state index in [1.165, 1.54) is 0 Å². The summed E-state index contributed by atoms with van der Waals surface area (Å²) in [5.74, 6) is 1.73. The van der Waals surface area contributed by atoms with Crippen LogP contribution in [0.3, 0.4) is 0 Å². The Morgan fingerprint density at radius 2 is 1.74 bits per heavy atom. The molecule has 1 saturated heterocycles. The third kappa shape index (κ3) is 4.51. The summed E-state index contributed by atoms with van der Waals surface area (Å²) in [6.07, 6.45) is 1.68. The number of aromatic nitrogens is 1. The molecule has 0 aliphatic carbocycles. The van der Waals surface area contributed by atoms with Gasteiger partial charge in [-0.25, -0.2) is 4.98 Å². The standard InChI is InChI=1S/C19H23BrN4O3/c1-23-6-8-24(9-7-23)17-5-4-14(12-21-17)22-19(25)13-10-15(26-2)18(20)16(11-13)27-3/h4-5,10-12H,6-9H2,1-3H3,(H,22,25). The van der Waals surface area contributed by atoms with Gasteiger partial charge in [0.05, 0.1) is 26.1 Å². The number of hydrogen-bond donors (Lipinski definition) is 1. The molecule has 1 N–H and O–H groups in total. The number of methoxy groups -OCH3 is 2. The number of anilines is 2. The van der Waals surface area contributed by atoms with Crippen LogP contribution < -0.4 is 19.7 Å². The second kappa shape index (κ2) is 8.58. The Bertz CT molecular complexity index is 780. The van der Waals surface area contributed by atoms with Crippen LogP contribution >= 0.6 is 15.9 Å². The molecule has 0 radical (unpaired) electrons. The Labute approximate surface area is 167 Å². The lowest BCUT2D eigenvalue weighted by molar-refractivity contribution is 0.102. The van der Waals surface area contributed by atoms with Crippen LogP contribution in [0.1, 0.15) is 10.4 Å². The molecule has 1 amide bonds. The van der Waals surface area contributed by atoms with E-state index in [1.807, 2.05) is 12.1 Å². The third-order valence-corrected chi connectivity index (χ3v) is 5.32. The van der Waals surface area contributed by atoms with Crippen LogP contribution in [0.25, 0.3) is 0 Å². The first-order chi connectivity index (χ1) is 13.0. The van der Waals surface area contributed by atoms with Gasteiger partial charge in [0.1, 0.15) is 21.8 Å². The maximum absolute atomic E-state index is 12.6. The molecular weight excluding hydrogens is 412 g/mol. The summed E-state index contributed by atoms with van der Waals surface area (Å²) in [4.78, 5) is 21.6. The minimum atomic E-state index is -0.256. The van der Waals surface area contributed by atoms with Crippen molar-refractivity contribution in [2.75, 3.05) is 57.7 Å². The van der Waals surface area contributed by atoms with Crippen molar-refractivity contribution in [3.63, 3.8) is 0 Å². The molecule has 8 heteroatoms. The Hall–Kier alpha value is -2.32. The number of likely N-dealkylation sites (N-methyl/N-ethyl adjacent to an activating group) is 1. The number of benzene rings is 1. The van der Waals surface area contributed by atoms with E-state index in [0.29, 0.717) is 27.2 Å². The zero-order chi connectivity index (χ0) is 19.4. The fourth-order valence-electron chi connectivity index (χ4n) is 2.89. The predicted octanol–water partition coefficient (Wildman–Crippen LogP) is 2.87. The van der Waals surface area contributed by atoms with Crippen LogP contribution in [-0.4, -0.2) is 63.2 Å². The molecule has 0 saturated carbocycles. The van der Waals surface area contributed by atoms with Crippen LogP contribution in [0.2, 0.25) is 0 Å². The normalized spacial score (nSPS) is 14.7. The Balaban J connectivity index is 1.71. The van der Waals surface area contributed by atoms with Gasteiger partial charge in [0, 0.05) is 31.7 Å². The Morgan fingerprint density at radius 3 is 2.26 bits per heavy atom. The molecule has 1 aromatic heterocycles. The number of rotatable bonds is 5. The molecule has 2 heterocycles. The van der Waals surface area contributed by atoms with Gasteiger partial charge in [0.2, 0.25) is 0 Å². The molecule has 1 aliphatic rings.